The fraction of sp³-hybridized carbons (Fsp3) is 0.286. The fourth-order valence-electron chi connectivity index (χ4n) is 1.88. The third kappa shape index (κ3) is 3.40. The number of halogens is 1. The maximum absolute atomic E-state index is 5.88. The Kier molecular flexibility index (Phi) is 4.49. The van der Waals surface area contributed by atoms with E-state index in [0.29, 0.717) is 11.1 Å². The lowest BCUT2D eigenvalue weighted by Gasteiger charge is -2.08. The molecule has 0 atom stereocenters. The molecule has 1 N–H and O–H groups in total. The van der Waals surface area contributed by atoms with Gasteiger partial charge >= 0.3 is 0 Å². The zero-order valence-corrected chi connectivity index (χ0v) is 14.1. The van der Waals surface area contributed by atoms with Gasteiger partial charge in [-0.25, -0.2) is 9.97 Å². The van der Waals surface area contributed by atoms with Gasteiger partial charge in [0.05, 0.1) is 10.7 Å². The normalized spacial score (nSPS) is 11.6. The third-order valence-corrected chi connectivity index (χ3v) is 4.85. The summed E-state index contributed by atoms with van der Waals surface area (Å²) in [5.74, 6) is 0. The second kappa shape index (κ2) is 6.36. The van der Waals surface area contributed by atoms with Gasteiger partial charge in [0.25, 0.3) is 0 Å². The zero-order chi connectivity index (χ0) is 14.8. The molecule has 3 aromatic heterocycles. The van der Waals surface area contributed by atoms with Gasteiger partial charge in [-0.1, -0.05) is 25.4 Å². The van der Waals surface area contributed by atoms with Crippen LogP contribution in [0.25, 0.3) is 4.96 Å². The number of pyridine rings is 1. The van der Waals surface area contributed by atoms with Crippen molar-refractivity contribution < 1.29 is 0 Å². The highest BCUT2D eigenvalue weighted by Crippen LogP contribution is 2.31. The average Bonchev–Trinajstić information content (AvgIpc) is 3.00. The topological polar surface area (TPSA) is 42.2 Å². The van der Waals surface area contributed by atoms with Gasteiger partial charge in [0.15, 0.2) is 4.96 Å². The van der Waals surface area contributed by atoms with Crippen LogP contribution in [0.1, 0.15) is 19.5 Å². The Labute approximate surface area is 136 Å². The maximum atomic E-state index is 5.88. The van der Waals surface area contributed by atoms with Crippen LogP contribution in [0.15, 0.2) is 40.0 Å². The Morgan fingerprint density at radius 1 is 1.43 bits per heavy atom. The van der Waals surface area contributed by atoms with Crippen LogP contribution in [0, 0.1) is 0 Å². The summed E-state index contributed by atoms with van der Waals surface area (Å²) in [6.07, 6.45) is 3.72. The van der Waals surface area contributed by atoms with E-state index in [2.05, 4.69) is 40.1 Å². The second-order valence-corrected chi connectivity index (χ2v) is 7.19. The van der Waals surface area contributed by atoms with Crippen molar-refractivity contribution in [3.63, 3.8) is 0 Å². The molecule has 0 aliphatic heterocycles. The van der Waals surface area contributed by atoms with Crippen molar-refractivity contribution in [3.05, 3.63) is 40.6 Å². The minimum Gasteiger partial charge on any atom is -0.309 e. The van der Waals surface area contributed by atoms with Crippen LogP contribution >= 0.6 is 34.7 Å². The van der Waals surface area contributed by atoms with Gasteiger partial charge in [-0.15, -0.1) is 11.3 Å². The van der Waals surface area contributed by atoms with E-state index >= 15 is 0 Å². The number of thiazole rings is 1. The Morgan fingerprint density at radius 3 is 3.00 bits per heavy atom. The molecule has 0 aromatic carbocycles. The fourth-order valence-corrected chi connectivity index (χ4v) is 3.64. The minimum atomic E-state index is 0.431. The van der Waals surface area contributed by atoms with E-state index in [0.717, 1.165) is 21.6 Å². The quantitative estimate of drug-likeness (QED) is 0.760. The molecular weight excluding hydrogens is 324 g/mol. The molecule has 110 valence electrons. The molecule has 3 aromatic rings. The molecule has 0 aliphatic carbocycles. The second-order valence-electron chi connectivity index (χ2n) is 4.87. The lowest BCUT2D eigenvalue weighted by atomic mass is 10.3. The maximum Gasteiger partial charge on any atom is 0.194 e. The van der Waals surface area contributed by atoms with Crippen molar-refractivity contribution in [3.8, 4) is 0 Å². The molecule has 7 heteroatoms. The van der Waals surface area contributed by atoms with Crippen LogP contribution in [0.5, 0.6) is 0 Å². The average molecular weight is 339 g/mol. The Morgan fingerprint density at radius 2 is 2.29 bits per heavy atom. The molecule has 0 fully saturated rings. The zero-order valence-electron chi connectivity index (χ0n) is 11.7. The lowest BCUT2D eigenvalue weighted by molar-refractivity contribution is 0.574. The molecule has 0 saturated carbocycles. The summed E-state index contributed by atoms with van der Waals surface area (Å²) in [5, 5.41) is 8.04. The first-order valence-electron chi connectivity index (χ1n) is 6.60. The molecule has 0 radical (unpaired) electrons. The molecule has 0 unspecified atom stereocenters. The number of hydrogen-bond acceptors (Lipinski definition) is 5. The van der Waals surface area contributed by atoms with Crippen LogP contribution < -0.4 is 5.32 Å². The van der Waals surface area contributed by atoms with E-state index in [9.17, 15) is 0 Å². The molecule has 0 saturated heterocycles. The minimum absolute atomic E-state index is 0.431. The summed E-state index contributed by atoms with van der Waals surface area (Å²) in [4.78, 5) is 10.0. The number of hydrogen-bond donors (Lipinski definition) is 1. The number of aromatic nitrogens is 3. The molecule has 3 heterocycles. The number of nitrogens with one attached hydrogen (secondary N) is 1. The van der Waals surface area contributed by atoms with Gasteiger partial charge in [-0.2, -0.15) is 0 Å². The van der Waals surface area contributed by atoms with Gasteiger partial charge in [0.1, 0.15) is 10.1 Å². The predicted molar refractivity (Wildman–Crippen MR) is 88.4 cm³/mol. The Balaban J connectivity index is 1.91. The third-order valence-electron chi connectivity index (χ3n) is 2.90. The van der Waals surface area contributed by atoms with Gasteiger partial charge in [-0.3, -0.25) is 4.40 Å². The summed E-state index contributed by atoms with van der Waals surface area (Å²) in [6, 6.07) is 4.20. The van der Waals surface area contributed by atoms with Gasteiger partial charge in [-0.05, 0) is 23.9 Å². The number of nitrogens with zero attached hydrogens (tertiary/aromatic N) is 3. The largest absolute Gasteiger partial charge is 0.309 e. The first-order valence-corrected chi connectivity index (χ1v) is 8.68. The summed E-state index contributed by atoms with van der Waals surface area (Å²) < 4.78 is 2.14. The Bertz CT molecular complexity index is 733. The van der Waals surface area contributed by atoms with Crippen LogP contribution in [0.3, 0.4) is 0 Å². The summed E-state index contributed by atoms with van der Waals surface area (Å²) >= 11 is 9.09. The van der Waals surface area contributed by atoms with Gasteiger partial charge in [0, 0.05) is 30.4 Å². The summed E-state index contributed by atoms with van der Waals surface area (Å²) in [6.45, 7) is 5.06. The molecule has 0 bridgehead atoms. The predicted octanol–water partition coefficient (Wildman–Crippen LogP) is 4.09. The van der Waals surface area contributed by atoms with E-state index in [-0.39, 0.29) is 0 Å². The molecule has 0 spiro atoms. The first kappa shape index (κ1) is 14.8. The molecular formula is C14H15ClN4S2. The van der Waals surface area contributed by atoms with E-state index in [1.165, 1.54) is 5.69 Å². The van der Waals surface area contributed by atoms with E-state index < -0.39 is 0 Å². The smallest absolute Gasteiger partial charge is 0.194 e. The molecule has 3 rings (SSSR count). The summed E-state index contributed by atoms with van der Waals surface area (Å²) in [7, 11) is 0. The molecule has 0 amide bonds. The van der Waals surface area contributed by atoms with Crippen molar-refractivity contribution in [2.45, 2.75) is 36.5 Å². The first-order chi connectivity index (χ1) is 10.1. The van der Waals surface area contributed by atoms with E-state index in [1.807, 2.05) is 12.1 Å². The van der Waals surface area contributed by atoms with Crippen molar-refractivity contribution in [1.82, 2.24) is 19.7 Å². The number of fused-ring (bicyclic) bond motifs is 1. The standard InChI is InChI=1S/C14H15ClN4S2/c1-9(2)16-8-11-13(18-14-19(11)5-6-20-14)21-12-4-3-10(15)7-17-12/h3-7,9,16H,8H2,1-2H3. The highest BCUT2D eigenvalue weighted by Gasteiger charge is 2.15. The van der Waals surface area contributed by atoms with Crippen LogP contribution in [0.4, 0.5) is 0 Å². The van der Waals surface area contributed by atoms with Crippen LogP contribution in [-0.2, 0) is 6.54 Å². The van der Waals surface area contributed by atoms with Gasteiger partial charge in [0.2, 0.25) is 0 Å². The van der Waals surface area contributed by atoms with Crippen LogP contribution in [-0.4, -0.2) is 20.4 Å². The van der Waals surface area contributed by atoms with Crippen molar-refractivity contribution in [2.24, 2.45) is 0 Å². The molecule has 21 heavy (non-hydrogen) atoms. The lowest BCUT2D eigenvalue weighted by Crippen LogP contribution is -2.22. The summed E-state index contributed by atoms with van der Waals surface area (Å²) in [5.41, 5.74) is 1.17. The SMILES string of the molecule is CC(C)NCc1c(Sc2ccc(Cl)cn2)nc2sccn12. The molecule has 0 aliphatic rings. The number of rotatable bonds is 5. The van der Waals surface area contributed by atoms with Crippen LogP contribution in [0.2, 0.25) is 5.02 Å². The number of imidazole rings is 1. The van der Waals surface area contributed by atoms with E-state index in [1.54, 1.807) is 29.3 Å². The van der Waals surface area contributed by atoms with Crippen molar-refractivity contribution in [2.75, 3.05) is 0 Å². The monoisotopic (exact) mass is 338 g/mol. The van der Waals surface area contributed by atoms with Crippen molar-refractivity contribution in [1.29, 1.82) is 0 Å². The van der Waals surface area contributed by atoms with E-state index in [4.69, 9.17) is 16.6 Å². The highest BCUT2D eigenvalue weighted by molar-refractivity contribution is 7.99. The highest BCUT2D eigenvalue weighted by atomic mass is 35.5. The van der Waals surface area contributed by atoms with Gasteiger partial charge < -0.3 is 5.32 Å². The Hall–Kier alpha value is -1.08. The molecule has 4 nitrogen and oxygen atoms in total. The van der Waals surface area contributed by atoms with Crippen molar-refractivity contribution >= 4 is 39.7 Å².